The molecule has 0 fully saturated rings. The predicted molar refractivity (Wildman–Crippen MR) is 63.7 cm³/mol. The lowest BCUT2D eigenvalue weighted by Crippen LogP contribution is -2.17. The molecule has 0 atom stereocenters. The van der Waals surface area contributed by atoms with E-state index in [1.165, 1.54) is 31.5 Å². The van der Waals surface area contributed by atoms with Gasteiger partial charge in [-0.25, -0.2) is 14.8 Å². The number of nitrogens with zero attached hydrogens (tertiary/aromatic N) is 4. The number of aryl methyl sites for hydroxylation is 1. The Morgan fingerprint density at radius 2 is 2.05 bits per heavy atom. The van der Waals surface area contributed by atoms with Gasteiger partial charge in [0.1, 0.15) is 5.69 Å². The molecule has 0 aliphatic carbocycles. The molecule has 0 unspecified atom stereocenters. The van der Waals surface area contributed by atoms with Gasteiger partial charge in [0, 0.05) is 0 Å². The Balaban J connectivity index is 2.21. The Bertz CT molecular complexity index is 629. The van der Waals surface area contributed by atoms with Crippen LogP contribution in [0.1, 0.15) is 26.5 Å². The standard InChI is InChI=1S/C11H9N5O3/c1-6-7(10(18)19)2-3-8(14-6)9(17)15-11-12-4-5-13-16-11/h2-5H,1H3,(H,18,19)(H,12,15,16,17). The van der Waals surface area contributed by atoms with Crippen molar-refractivity contribution in [1.82, 2.24) is 20.2 Å². The lowest BCUT2D eigenvalue weighted by Gasteiger charge is -2.04. The van der Waals surface area contributed by atoms with Gasteiger partial charge in [0.05, 0.1) is 23.7 Å². The molecule has 0 aliphatic heterocycles. The molecule has 0 aromatic carbocycles. The lowest BCUT2D eigenvalue weighted by molar-refractivity contribution is 0.0695. The highest BCUT2D eigenvalue weighted by molar-refractivity contribution is 6.02. The summed E-state index contributed by atoms with van der Waals surface area (Å²) in [6.45, 7) is 1.51. The minimum atomic E-state index is -1.09. The Kier molecular flexibility index (Phi) is 3.42. The number of anilines is 1. The maximum absolute atomic E-state index is 11.8. The normalized spacial score (nSPS) is 9.95. The second-order valence-electron chi connectivity index (χ2n) is 3.56. The summed E-state index contributed by atoms with van der Waals surface area (Å²) < 4.78 is 0. The molecule has 0 bridgehead atoms. The van der Waals surface area contributed by atoms with Crippen molar-refractivity contribution in [3.63, 3.8) is 0 Å². The van der Waals surface area contributed by atoms with E-state index in [0.717, 1.165) is 0 Å². The number of hydrogen-bond donors (Lipinski definition) is 2. The van der Waals surface area contributed by atoms with Crippen molar-refractivity contribution < 1.29 is 14.7 Å². The summed E-state index contributed by atoms with van der Waals surface area (Å²) in [5, 5.41) is 18.4. The molecule has 0 saturated carbocycles. The van der Waals surface area contributed by atoms with Gasteiger partial charge < -0.3 is 5.11 Å². The van der Waals surface area contributed by atoms with Crippen molar-refractivity contribution >= 4 is 17.8 Å². The number of carbonyl (C=O) groups is 2. The van der Waals surface area contributed by atoms with Crippen LogP contribution in [0.3, 0.4) is 0 Å². The summed E-state index contributed by atoms with van der Waals surface area (Å²) in [5.41, 5.74) is 0.386. The molecular formula is C11H9N5O3. The van der Waals surface area contributed by atoms with Crippen LogP contribution in [0.25, 0.3) is 0 Å². The summed E-state index contributed by atoms with van der Waals surface area (Å²) in [6, 6.07) is 2.64. The van der Waals surface area contributed by atoms with Gasteiger partial charge in [0.15, 0.2) is 0 Å². The van der Waals surface area contributed by atoms with Crippen LogP contribution >= 0.6 is 0 Å². The van der Waals surface area contributed by atoms with Crippen molar-refractivity contribution in [2.45, 2.75) is 6.92 Å². The number of carboxylic acid groups (broad SMARTS) is 1. The van der Waals surface area contributed by atoms with Crippen LogP contribution < -0.4 is 5.32 Å². The first-order valence-corrected chi connectivity index (χ1v) is 5.24. The van der Waals surface area contributed by atoms with Gasteiger partial charge >= 0.3 is 5.97 Å². The molecule has 0 spiro atoms. The summed E-state index contributed by atoms with van der Waals surface area (Å²) in [7, 11) is 0. The van der Waals surface area contributed by atoms with Crippen molar-refractivity contribution in [3.05, 3.63) is 41.5 Å². The first kappa shape index (κ1) is 12.6. The number of hydrogen-bond acceptors (Lipinski definition) is 6. The Labute approximate surface area is 107 Å². The zero-order valence-electron chi connectivity index (χ0n) is 9.86. The maximum Gasteiger partial charge on any atom is 0.337 e. The first-order valence-electron chi connectivity index (χ1n) is 5.24. The van der Waals surface area contributed by atoms with Gasteiger partial charge in [0.25, 0.3) is 5.91 Å². The predicted octanol–water partition coefficient (Wildman–Crippen LogP) is 0.526. The summed E-state index contributed by atoms with van der Waals surface area (Å²) in [4.78, 5) is 30.4. The van der Waals surface area contributed by atoms with E-state index in [1.54, 1.807) is 0 Å². The molecule has 2 rings (SSSR count). The zero-order valence-corrected chi connectivity index (χ0v) is 9.86. The van der Waals surface area contributed by atoms with Crippen molar-refractivity contribution in [2.75, 3.05) is 5.32 Å². The molecule has 1 amide bonds. The van der Waals surface area contributed by atoms with Crippen LogP contribution in [0.5, 0.6) is 0 Å². The Hall–Kier alpha value is -2.90. The summed E-state index contributed by atoms with van der Waals surface area (Å²) >= 11 is 0. The Morgan fingerprint density at radius 3 is 2.63 bits per heavy atom. The third-order valence-electron chi connectivity index (χ3n) is 2.26. The number of aromatic carboxylic acids is 1. The van der Waals surface area contributed by atoms with Crippen LogP contribution in [0.2, 0.25) is 0 Å². The quantitative estimate of drug-likeness (QED) is 0.824. The van der Waals surface area contributed by atoms with E-state index in [4.69, 9.17) is 5.11 Å². The molecule has 0 radical (unpaired) electrons. The third kappa shape index (κ3) is 2.86. The first-order chi connectivity index (χ1) is 9.08. The summed E-state index contributed by atoms with van der Waals surface area (Å²) in [5.74, 6) is -1.57. The van der Waals surface area contributed by atoms with Crippen LogP contribution in [0.15, 0.2) is 24.5 Å². The largest absolute Gasteiger partial charge is 0.478 e. The average Bonchev–Trinajstić information content (AvgIpc) is 2.39. The van der Waals surface area contributed by atoms with E-state index in [1.807, 2.05) is 0 Å². The zero-order chi connectivity index (χ0) is 13.8. The van der Waals surface area contributed by atoms with Gasteiger partial charge in [-0.1, -0.05) is 0 Å². The van der Waals surface area contributed by atoms with E-state index in [2.05, 4.69) is 25.5 Å². The number of rotatable bonds is 3. The van der Waals surface area contributed by atoms with Crippen LogP contribution in [-0.4, -0.2) is 37.1 Å². The smallest absolute Gasteiger partial charge is 0.337 e. The fraction of sp³-hybridized carbons (Fsp3) is 0.0909. The van der Waals surface area contributed by atoms with Crippen molar-refractivity contribution in [2.24, 2.45) is 0 Å². The highest BCUT2D eigenvalue weighted by Gasteiger charge is 2.13. The van der Waals surface area contributed by atoms with Gasteiger partial charge in [-0.3, -0.25) is 10.1 Å². The molecule has 19 heavy (non-hydrogen) atoms. The topological polar surface area (TPSA) is 118 Å². The molecule has 2 N–H and O–H groups in total. The fourth-order valence-electron chi connectivity index (χ4n) is 1.38. The number of nitrogens with one attached hydrogen (secondary N) is 1. The van der Waals surface area contributed by atoms with Gasteiger partial charge in [-0.05, 0) is 19.1 Å². The van der Waals surface area contributed by atoms with E-state index in [9.17, 15) is 9.59 Å². The molecule has 0 saturated heterocycles. The van der Waals surface area contributed by atoms with Gasteiger partial charge in [0.2, 0.25) is 5.95 Å². The molecule has 2 heterocycles. The molecular weight excluding hydrogens is 250 g/mol. The molecule has 2 aromatic heterocycles. The second-order valence-corrected chi connectivity index (χ2v) is 3.56. The fourth-order valence-corrected chi connectivity index (χ4v) is 1.38. The minimum Gasteiger partial charge on any atom is -0.478 e. The van der Waals surface area contributed by atoms with Crippen LogP contribution in [0.4, 0.5) is 5.95 Å². The maximum atomic E-state index is 11.8. The molecule has 8 nitrogen and oxygen atoms in total. The minimum absolute atomic E-state index is 0.0502. The van der Waals surface area contributed by atoms with E-state index < -0.39 is 11.9 Å². The molecule has 2 aromatic rings. The van der Waals surface area contributed by atoms with Crippen molar-refractivity contribution in [3.8, 4) is 0 Å². The van der Waals surface area contributed by atoms with Crippen LogP contribution in [0, 0.1) is 6.92 Å². The highest BCUT2D eigenvalue weighted by atomic mass is 16.4. The summed E-state index contributed by atoms with van der Waals surface area (Å²) in [6.07, 6.45) is 2.76. The Morgan fingerprint density at radius 1 is 1.26 bits per heavy atom. The molecule has 0 aliphatic rings. The monoisotopic (exact) mass is 259 g/mol. The van der Waals surface area contributed by atoms with Gasteiger partial charge in [-0.15, -0.1) is 5.10 Å². The third-order valence-corrected chi connectivity index (χ3v) is 2.26. The van der Waals surface area contributed by atoms with E-state index in [-0.39, 0.29) is 22.9 Å². The number of carboxylic acids is 1. The lowest BCUT2D eigenvalue weighted by atomic mass is 10.2. The van der Waals surface area contributed by atoms with Crippen LogP contribution in [-0.2, 0) is 0 Å². The second kappa shape index (κ2) is 5.17. The molecule has 8 heteroatoms. The van der Waals surface area contributed by atoms with Crippen molar-refractivity contribution in [1.29, 1.82) is 0 Å². The highest BCUT2D eigenvalue weighted by Crippen LogP contribution is 2.08. The number of amides is 1. The van der Waals surface area contributed by atoms with E-state index >= 15 is 0 Å². The van der Waals surface area contributed by atoms with Gasteiger partial charge in [-0.2, -0.15) is 5.10 Å². The number of pyridine rings is 1. The molecule has 96 valence electrons. The average molecular weight is 259 g/mol. The van der Waals surface area contributed by atoms with E-state index in [0.29, 0.717) is 0 Å². The number of carbonyl (C=O) groups excluding carboxylic acids is 1. The number of aromatic nitrogens is 4. The SMILES string of the molecule is Cc1nc(C(=O)Nc2nccnn2)ccc1C(=O)O.